The van der Waals surface area contributed by atoms with Gasteiger partial charge < -0.3 is 15.4 Å². The first-order chi connectivity index (χ1) is 12.4. The number of ether oxygens (including phenoxy) is 1. The van der Waals surface area contributed by atoms with Crippen molar-refractivity contribution in [2.24, 2.45) is 0 Å². The monoisotopic (exact) mass is 394 g/mol. The molecule has 2 amide bonds. The maximum atomic E-state index is 12.1. The van der Waals surface area contributed by atoms with Crippen molar-refractivity contribution in [1.29, 1.82) is 0 Å². The van der Waals surface area contributed by atoms with Crippen molar-refractivity contribution < 1.29 is 14.3 Å². The van der Waals surface area contributed by atoms with Crippen LogP contribution in [0.1, 0.15) is 25.3 Å². The lowest BCUT2D eigenvalue weighted by Crippen LogP contribution is -2.15. The molecule has 26 heavy (non-hydrogen) atoms. The Morgan fingerprint density at radius 2 is 1.77 bits per heavy atom. The van der Waals surface area contributed by atoms with Gasteiger partial charge in [-0.25, -0.2) is 0 Å². The second-order valence-electron chi connectivity index (χ2n) is 5.73. The number of anilines is 2. The highest BCUT2D eigenvalue weighted by Gasteiger charge is 2.09. The third-order valence-electron chi connectivity index (χ3n) is 3.62. The molecule has 0 heterocycles. The molecule has 0 aliphatic heterocycles. The van der Waals surface area contributed by atoms with Gasteiger partial charge in [-0.15, -0.1) is 0 Å². The summed E-state index contributed by atoms with van der Waals surface area (Å²) in [6.45, 7) is 3.64. The number of halogens is 2. The van der Waals surface area contributed by atoms with E-state index in [2.05, 4.69) is 10.6 Å². The van der Waals surface area contributed by atoms with Crippen LogP contribution >= 0.6 is 23.2 Å². The third kappa shape index (κ3) is 5.93. The molecule has 0 saturated carbocycles. The fraction of sp³-hybridized carbons (Fsp3) is 0.263. The lowest BCUT2D eigenvalue weighted by atomic mass is 10.1. The van der Waals surface area contributed by atoms with Crippen molar-refractivity contribution in [2.75, 3.05) is 17.2 Å². The fourth-order valence-electron chi connectivity index (χ4n) is 2.32. The molecule has 0 unspecified atom stereocenters. The van der Waals surface area contributed by atoms with E-state index in [0.717, 1.165) is 5.56 Å². The molecule has 5 nitrogen and oxygen atoms in total. The molecule has 2 aromatic rings. The van der Waals surface area contributed by atoms with E-state index in [0.29, 0.717) is 46.6 Å². The predicted molar refractivity (Wildman–Crippen MR) is 105 cm³/mol. The summed E-state index contributed by atoms with van der Waals surface area (Å²) in [5.41, 5.74) is 2.15. The van der Waals surface area contributed by atoms with Gasteiger partial charge in [0.2, 0.25) is 11.8 Å². The lowest BCUT2D eigenvalue weighted by Gasteiger charge is -2.13. The average Bonchev–Trinajstić information content (AvgIpc) is 2.56. The molecule has 0 aliphatic carbocycles. The van der Waals surface area contributed by atoms with Crippen LogP contribution in [0.25, 0.3) is 0 Å². The predicted octanol–water partition coefficient (Wildman–Crippen LogP) is 5.06. The summed E-state index contributed by atoms with van der Waals surface area (Å²) < 4.78 is 5.56. The fourth-order valence-corrected chi connectivity index (χ4v) is 2.78. The van der Waals surface area contributed by atoms with E-state index in [1.807, 2.05) is 6.92 Å². The summed E-state index contributed by atoms with van der Waals surface area (Å²) in [7, 11) is 0. The molecule has 0 radical (unpaired) electrons. The molecule has 0 fully saturated rings. The molecule has 0 atom stereocenters. The van der Waals surface area contributed by atoms with E-state index in [4.69, 9.17) is 27.9 Å². The normalized spacial score (nSPS) is 10.3. The maximum Gasteiger partial charge on any atom is 0.224 e. The molecule has 7 heteroatoms. The third-order valence-corrected chi connectivity index (χ3v) is 4.15. The first-order valence-corrected chi connectivity index (χ1v) is 8.87. The molecular formula is C19H20Cl2N2O3. The average molecular weight is 395 g/mol. The second kappa shape index (κ2) is 9.46. The Kier molecular flexibility index (Phi) is 7.30. The van der Waals surface area contributed by atoms with Crippen LogP contribution in [-0.2, 0) is 9.59 Å². The Hall–Kier alpha value is -2.24. The zero-order chi connectivity index (χ0) is 19.1. The zero-order valence-electron chi connectivity index (χ0n) is 14.6. The van der Waals surface area contributed by atoms with E-state index in [9.17, 15) is 9.59 Å². The smallest absolute Gasteiger partial charge is 0.224 e. The van der Waals surface area contributed by atoms with Gasteiger partial charge in [-0.2, -0.15) is 0 Å². The second-order valence-corrected chi connectivity index (χ2v) is 6.58. The van der Waals surface area contributed by atoms with Crippen molar-refractivity contribution in [3.63, 3.8) is 0 Å². The van der Waals surface area contributed by atoms with Crippen LogP contribution in [0.4, 0.5) is 11.4 Å². The molecule has 0 aromatic heterocycles. The zero-order valence-corrected chi connectivity index (χ0v) is 16.1. The van der Waals surface area contributed by atoms with Crippen molar-refractivity contribution in [3.05, 3.63) is 52.0 Å². The van der Waals surface area contributed by atoms with E-state index in [1.54, 1.807) is 36.4 Å². The Morgan fingerprint density at radius 3 is 2.42 bits per heavy atom. The van der Waals surface area contributed by atoms with E-state index >= 15 is 0 Å². The molecule has 0 saturated heterocycles. The number of amides is 2. The highest BCUT2D eigenvalue weighted by molar-refractivity contribution is 6.35. The minimum Gasteiger partial charge on any atom is -0.492 e. The van der Waals surface area contributed by atoms with Crippen molar-refractivity contribution >= 4 is 46.4 Å². The number of nitrogens with one attached hydrogen (secondary N) is 2. The van der Waals surface area contributed by atoms with Crippen molar-refractivity contribution in [3.8, 4) is 5.75 Å². The van der Waals surface area contributed by atoms with Crippen LogP contribution in [0.15, 0.2) is 36.4 Å². The standard InChI is InChI=1S/C19H20Cl2N2O3/c1-12-16(22-13(2)24)5-3-6-17(12)23-19(25)7-4-10-26-18-9-8-14(20)11-15(18)21/h3,5-6,8-9,11H,4,7,10H2,1-2H3,(H,22,24)(H,23,25). The SMILES string of the molecule is CC(=O)Nc1cccc(NC(=O)CCCOc2ccc(Cl)cc2Cl)c1C. The highest BCUT2D eigenvalue weighted by Crippen LogP contribution is 2.27. The molecule has 2 aromatic carbocycles. The summed E-state index contributed by atoms with van der Waals surface area (Å²) in [5, 5.41) is 6.56. The van der Waals surface area contributed by atoms with Gasteiger partial charge in [-0.05, 0) is 49.2 Å². The first kappa shape index (κ1) is 20.1. The van der Waals surface area contributed by atoms with Gasteiger partial charge in [-0.1, -0.05) is 29.3 Å². The van der Waals surface area contributed by atoms with Gasteiger partial charge in [0.15, 0.2) is 0 Å². The Balaban J connectivity index is 1.83. The van der Waals surface area contributed by atoms with E-state index < -0.39 is 0 Å². The number of hydrogen-bond acceptors (Lipinski definition) is 3. The molecule has 0 bridgehead atoms. The summed E-state index contributed by atoms with van der Waals surface area (Å²) in [6, 6.07) is 10.4. The minimum atomic E-state index is -0.158. The molecule has 138 valence electrons. The Labute approximate surface area is 162 Å². The quantitative estimate of drug-likeness (QED) is 0.644. The maximum absolute atomic E-state index is 12.1. The molecular weight excluding hydrogens is 375 g/mol. The summed E-state index contributed by atoms with van der Waals surface area (Å²) in [4.78, 5) is 23.3. The van der Waals surface area contributed by atoms with Crippen LogP contribution < -0.4 is 15.4 Å². The topological polar surface area (TPSA) is 67.4 Å². The van der Waals surface area contributed by atoms with Gasteiger partial charge in [0.25, 0.3) is 0 Å². The van der Waals surface area contributed by atoms with Crippen LogP contribution in [0.3, 0.4) is 0 Å². The highest BCUT2D eigenvalue weighted by atomic mass is 35.5. The van der Waals surface area contributed by atoms with Gasteiger partial charge in [-0.3, -0.25) is 9.59 Å². The minimum absolute atomic E-state index is 0.126. The van der Waals surface area contributed by atoms with Gasteiger partial charge in [0.1, 0.15) is 5.75 Å². The number of carbonyl (C=O) groups excluding carboxylic acids is 2. The van der Waals surface area contributed by atoms with Crippen molar-refractivity contribution in [2.45, 2.75) is 26.7 Å². The van der Waals surface area contributed by atoms with E-state index in [-0.39, 0.29) is 11.8 Å². The largest absolute Gasteiger partial charge is 0.492 e. The Morgan fingerprint density at radius 1 is 1.08 bits per heavy atom. The van der Waals surface area contributed by atoms with Gasteiger partial charge >= 0.3 is 0 Å². The first-order valence-electron chi connectivity index (χ1n) is 8.11. The lowest BCUT2D eigenvalue weighted by molar-refractivity contribution is -0.116. The summed E-state index contributed by atoms with van der Waals surface area (Å²) in [5.74, 6) is 0.254. The van der Waals surface area contributed by atoms with Crippen molar-refractivity contribution in [1.82, 2.24) is 0 Å². The number of rotatable bonds is 7. The molecule has 2 N–H and O–H groups in total. The molecule has 0 aliphatic rings. The van der Waals surface area contributed by atoms with E-state index in [1.165, 1.54) is 6.92 Å². The number of hydrogen-bond donors (Lipinski definition) is 2. The summed E-state index contributed by atoms with van der Waals surface area (Å²) in [6.07, 6.45) is 0.838. The summed E-state index contributed by atoms with van der Waals surface area (Å²) >= 11 is 11.9. The van der Waals surface area contributed by atoms with Crippen LogP contribution in [-0.4, -0.2) is 18.4 Å². The van der Waals surface area contributed by atoms with Crippen LogP contribution in [0.5, 0.6) is 5.75 Å². The van der Waals surface area contributed by atoms with Crippen LogP contribution in [0, 0.1) is 6.92 Å². The molecule has 2 rings (SSSR count). The van der Waals surface area contributed by atoms with Gasteiger partial charge in [0.05, 0.1) is 11.6 Å². The van der Waals surface area contributed by atoms with Gasteiger partial charge in [0, 0.05) is 29.7 Å². The van der Waals surface area contributed by atoms with Crippen LogP contribution in [0.2, 0.25) is 10.0 Å². The molecule has 0 spiro atoms. The number of carbonyl (C=O) groups is 2. The Bertz CT molecular complexity index is 809. The number of benzene rings is 2.